The second kappa shape index (κ2) is 2.75. The van der Waals surface area contributed by atoms with Crippen LogP contribution in [0.3, 0.4) is 0 Å². The quantitative estimate of drug-likeness (QED) is 0.631. The Morgan fingerprint density at radius 1 is 1.36 bits per heavy atom. The average Bonchev–Trinajstić information content (AvgIpc) is 2.92. The normalized spacial score (nSPS) is 38.8. The van der Waals surface area contributed by atoms with Crippen LogP contribution in [0.1, 0.15) is 18.1 Å². The minimum absolute atomic E-state index is 0.121. The lowest BCUT2D eigenvalue weighted by molar-refractivity contribution is 0.389. The minimum atomic E-state index is 0.121. The van der Waals surface area contributed by atoms with Crippen molar-refractivity contribution >= 4 is 0 Å². The Bertz CT molecular complexity index is 398. The number of nitriles is 1. The highest BCUT2D eigenvalue weighted by Gasteiger charge is 2.46. The van der Waals surface area contributed by atoms with E-state index in [9.17, 15) is 0 Å². The summed E-state index contributed by atoms with van der Waals surface area (Å²) in [7, 11) is 0. The van der Waals surface area contributed by atoms with Gasteiger partial charge in [-0.25, -0.2) is 0 Å². The minimum Gasteiger partial charge on any atom is -0.469 e. The lowest BCUT2D eigenvalue weighted by atomic mass is 9.82. The van der Waals surface area contributed by atoms with Gasteiger partial charge in [-0.1, -0.05) is 12.2 Å². The largest absolute Gasteiger partial charge is 0.469 e. The fourth-order valence-electron chi connectivity index (χ4n) is 2.87. The third-order valence-corrected chi connectivity index (χ3v) is 3.48. The second-order valence-electron chi connectivity index (χ2n) is 4.14. The summed E-state index contributed by atoms with van der Waals surface area (Å²) >= 11 is 0. The highest BCUT2D eigenvalue weighted by atomic mass is 16.3. The molecule has 2 heteroatoms. The van der Waals surface area contributed by atoms with Crippen molar-refractivity contribution in [2.75, 3.05) is 0 Å². The zero-order chi connectivity index (χ0) is 9.54. The Morgan fingerprint density at radius 2 is 2.21 bits per heavy atom. The van der Waals surface area contributed by atoms with Gasteiger partial charge in [0.05, 0.1) is 18.3 Å². The zero-order valence-corrected chi connectivity index (χ0v) is 7.76. The van der Waals surface area contributed by atoms with Crippen LogP contribution in [-0.2, 0) is 0 Å². The molecule has 0 radical (unpaired) electrons. The van der Waals surface area contributed by atoms with Crippen LogP contribution >= 0.6 is 0 Å². The van der Waals surface area contributed by atoms with Crippen LogP contribution in [-0.4, -0.2) is 0 Å². The number of hydrogen-bond donors (Lipinski definition) is 0. The van der Waals surface area contributed by atoms with Gasteiger partial charge in [-0.15, -0.1) is 0 Å². The molecule has 0 spiro atoms. The van der Waals surface area contributed by atoms with Crippen LogP contribution in [0.4, 0.5) is 0 Å². The smallest absolute Gasteiger partial charge is 0.108 e. The molecule has 2 aliphatic carbocycles. The van der Waals surface area contributed by atoms with Crippen molar-refractivity contribution < 1.29 is 4.42 Å². The molecule has 1 aromatic heterocycles. The number of furan rings is 1. The van der Waals surface area contributed by atoms with E-state index in [1.54, 1.807) is 6.26 Å². The molecule has 0 amide bonds. The molecule has 1 heterocycles. The molecule has 1 aromatic rings. The number of hydrogen-bond acceptors (Lipinski definition) is 2. The summed E-state index contributed by atoms with van der Waals surface area (Å²) in [6.07, 6.45) is 7.26. The summed E-state index contributed by atoms with van der Waals surface area (Å²) in [5.74, 6) is 2.38. The van der Waals surface area contributed by atoms with Crippen LogP contribution in [0.25, 0.3) is 0 Å². The van der Waals surface area contributed by atoms with Crippen molar-refractivity contribution in [1.82, 2.24) is 0 Å². The molecular formula is C12H11NO. The van der Waals surface area contributed by atoms with Gasteiger partial charge in [0.1, 0.15) is 5.76 Å². The molecule has 0 aliphatic heterocycles. The first kappa shape index (κ1) is 7.87. The molecule has 70 valence electrons. The Balaban J connectivity index is 2.01. The Labute approximate surface area is 82.8 Å². The third-order valence-electron chi connectivity index (χ3n) is 3.48. The van der Waals surface area contributed by atoms with E-state index >= 15 is 0 Å². The molecule has 0 unspecified atom stereocenters. The van der Waals surface area contributed by atoms with E-state index in [-0.39, 0.29) is 5.92 Å². The van der Waals surface area contributed by atoms with Crippen molar-refractivity contribution in [3.63, 3.8) is 0 Å². The highest BCUT2D eigenvalue weighted by molar-refractivity contribution is 5.27. The van der Waals surface area contributed by atoms with Crippen LogP contribution in [0, 0.1) is 29.1 Å². The highest BCUT2D eigenvalue weighted by Crippen LogP contribution is 2.52. The van der Waals surface area contributed by atoms with Gasteiger partial charge in [0.15, 0.2) is 0 Å². The number of rotatable bonds is 1. The average molecular weight is 185 g/mol. The summed E-state index contributed by atoms with van der Waals surface area (Å²) in [5.41, 5.74) is 0. The van der Waals surface area contributed by atoms with E-state index < -0.39 is 0 Å². The van der Waals surface area contributed by atoms with Gasteiger partial charge in [-0.05, 0) is 30.4 Å². The van der Waals surface area contributed by atoms with Crippen molar-refractivity contribution in [3.8, 4) is 6.07 Å². The van der Waals surface area contributed by atoms with Crippen molar-refractivity contribution in [2.24, 2.45) is 17.8 Å². The predicted molar refractivity (Wildman–Crippen MR) is 51.3 cm³/mol. The summed E-state index contributed by atoms with van der Waals surface area (Å²) < 4.78 is 5.42. The van der Waals surface area contributed by atoms with E-state index in [2.05, 4.69) is 18.2 Å². The van der Waals surface area contributed by atoms with Crippen molar-refractivity contribution in [3.05, 3.63) is 36.3 Å². The maximum atomic E-state index is 9.13. The molecule has 2 nitrogen and oxygen atoms in total. The topological polar surface area (TPSA) is 36.9 Å². The van der Waals surface area contributed by atoms with Crippen LogP contribution in [0.2, 0.25) is 0 Å². The van der Waals surface area contributed by atoms with Crippen LogP contribution in [0.5, 0.6) is 0 Å². The maximum absolute atomic E-state index is 9.13. The first-order chi connectivity index (χ1) is 6.90. The lowest BCUT2D eigenvalue weighted by Crippen LogP contribution is -2.15. The molecule has 1 fully saturated rings. The molecular weight excluding hydrogens is 174 g/mol. The second-order valence-corrected chi connectivity index (χ2v) is 4.14. The van der Waals surface area contributed by atoms with Gasteiger partial charge < -0.3 is 4.42 Å². The SMILES string of the molecule is N#C[C@@H]1[C@H](c2ccco2)[C@H]2C=C[C@@H]1C2. The van der Waals surface area contributed by atoms with E-state index in [1.165, 1.54) is 0 Å². The van der Waals surface area contributed by atoms with E-state index in [4.69, 9.17) is 9.68 Å². The molecule has 1 saturated carbocycles. The van der Waals surface area contributed by atoms with Crippen LogP contribution in [0.15, 0.2) is 35.0 Å². The first-order valence-corrected chi connectivity index (χ1v) is 5.01. The third kappa shape index (κ3) is 0.899. The molecule has 2 aliphatic rings. The maximum Gasteiger partial charge on any atom is 0.108 e. The number of allylic oxidation sites excluding steroid dienone is 2. The molecule has 14 heavy (non-hydrogen) atoms. The molecule has 0 saturated heterocycles. The molecule has 4 atom stereocenters. The van der Waals surface area contributed by atoms with Gasteiger partial charge in [0.25, 0.3) is 0 Å². The monoisotopic (exact) mass is 185 g/mol. The van der Waals surface area contributed by atoms with Gasteiger partial charge in [-0.2, -0.15) is 5.26 Å². The molecule has 3 rings (SSSR count). The summed E-state index contributed by atoms with van der Waals surface area (Å²) in [5, 5.41) is 9.13. The van der Waals surface area contributed by atoms with Gasteiger partial charge in [0.2, 0.25) is 0 Å². The Morgan fingerprint density at radius 3 is 2.93 bits per heavy atom. The number of fused-ring (bicyclic) bond motifs is 2. The standard InChI is InChI=1S/C12H11NO/c13-7-10-8-3-4-9(6-8)12(10)11-2-1-5-14-11/h1-5,8-10,12H,6H2/t8-,9+,10+,12-/m1/s1. The predicted octanol–water partition coefficient (Wildman–Crippen LogP) is 2.71. The lowest BCUT2D eigenvalue weighted by Gasteiger charge is -2.20. The Hall–Kier alpha value is -1.49. The molecule has 2 bridgehead atoms. The van der Waals surface area contributed by atoms with E-state index in [0.29, 0.717) is 17.8 Å². The zero-order valence-electron chi connectivity index (χ0n) is 7.76. The Kier molecular flexibility index (Phi) is 1.55. The molecule has 0 N–H and O–H groups in total. The molecule has 0 aromatic carbocycles. The van der Waals surface area contributed by atoms with E-state index in [1.807, 2.05) is 12.1 Å². The van der Waals surface area contributed by atoms with Crippen molar-refractivity contribution in [1.29, 1.82) is 5.26 Å². The van der Waals surface area contributed by atoms with Gasteiger partial charge in [0, 0.05) is 5.92 Å². The summed E-state index contributed by atoms with van der Waals surface area (Å²) in [6.45, 7) is 0. The van der Waals surface area contributed by atoms with E-state index in [0.717, 1.165) is 12.2 Å². The first-order valence-electron chi connectivity index (χ1n) is 5.01. The summed E-state index contributed by atoms with van der Waals surface area (Å²) in [4.78, 5) is 0. The number of nitrogens with zero attached hydrogens (tertiary/aromatic N) is 1. The fraction of sp³-hybridized carbons (Fsp3) is 0.417. The van der Waals surface area contributed by atoms with Gasteiger partial charge >= 0.3 is 0 Å². The fourth-order valence-corrected chi connectivity index (χ4v) is 2.87. The van der Waals surface area contributed by atoms with Crippen molar-refractivity contribution in [2.45, 2.75) is 12.3 Å². The van der Waals surface area contributed by atoms with Crippen LogP contribution < -0.4 is 0 Å². The van der Waals surface area contributed by atoms with Gasteiger partial charge in [-0.3, -0.25) is 0 Å². The summed E-state index contributed by atoms with van der Waals surface area (Å²) in [6, 6.07) is 6.31.